The zero-order valence-corrected chi connectivity index (χ0v) is 12.1. The molecule has 0 aliphatic carbocycles. The maximum Gasteiger partial charge on any atom is 0.336 e. The number of nitrogens with one attached hydrogen (secondary N) is 1. The molecule has 2 rings (SSSR count). The summed E-state index contributed by atoms with van der Waals surface area (Å²) in [6.07, 6.45) is 0. The molecule has 1 unspecified atom stereocenters. The molecular formula is C13H12BrNO2S. The van der Waals surface area contributed by atoms with Gasteiger partial charge in [0.2, 0.25) is 0 Å². The van der Waals surface area contributed by atoms with Crippen LogP contribution in [-0.2, 0) is 0 Å². The second-order valence-corrected chi connectivity index (χ2v) is 5.56. The minimum absolute atomic E-state index is 0.193. The lowest BCUT2D eigenvalue weighted by Gasteiger charge is -2.14. The minimum Gasteiger partial charge on any atom is -0.478 e. The second-order valence-electron chi connectivity index (χ2n) is 3.92. The van der Waals surface area contributed by atoms with Crippen LogP contribution in [0.25, 0.3) is 0 Å². The fraction of sp³-hybridized carbons (Fsp3) is 0.154. The van der Waals surface area contributed by atoms with Crippen molar-refractivity contribution in [1.29, 1.82) is 0 Å². The van der Waals surface area contributed by atoms with E-state index in [2.05, 4.69) is 39.6 Å². The number of carbonyl (C=O) groups is 1. The highest BCUT2D eigenvalue weighted by atomic mass is 79.9. The van der Waals surface area contributed by atoms with Crippen LogP contribution in [0, 0.1) is 0 Å². The van der Waals surface area contributed by atoms with Crippen molar-refractivity contribution < 1.29 is 9.90 Å². The third-order valence-electron chi connectivity index (χ3n) is 2.63. The van der Waals surface area contributed by atoms with Crippen molar-refractivity contribution in [2.45, 2.75) is 13.0 Å². The van der Waals surface area contributed by atoms with Gasteiger partial charge in [-0.1, -0.05) is 0 Å². The highest BCUT2D eigenvalue weighted by molar-refractivity contribution is 9.10. The van der Waals surface area contributed by atoms with Crippen LogP contribution in [0.15, 0.2) is 39.5 Å². The Balaban J connectivity index is 2.15. The summed E-state index contributed by atoms with van der Waals surface area (Å²) in [6.45, 7) is 2.07. The Hall–Kier alpha value is -1.33. The van der Waals surface area contributed by atoms with Gasteiger partial charge in [0.25, 0.3) is 0 Å². The van der Waals surface area contributed by atoms with Crippen LogP contribution in [0.1, 0.15) is 28.9 Å². The first-order valence-electron chi connectivity index (χ1n) is 5.39. The molecule has 0 aliphatic rings. The van der Waals surface area contributed by atoms with E-state index in [9.17, 15) is 4.79 Å². The summed E-state index contributed by atoms with van der Waals surface area (Å²) in [5, 5.41) is 16.4. The van der Waals surface area contributed by atoms with Gasteiger partial charge in [0.05, 0.1) is 5.56 Å². The molecule has 0 fully saturated rings. The van der Waals surface area contributed by atoms with Crippen molar-refractivity contribution in [3.05, 3.63) is 50.6 Å². The van der Waals surface area contributed by atoms with E-state index in [4.69, 9.17) is 5.11 Å². The average molecular weight is 326 g/mol. The number of halogens is 1. The lowest BCUT2D eigenvalue weighted by Crippen LogP contribution is -2.06. The summed E-state index contributed by atoms with van der Waals surface area (Å²) in [5.41, 5.74) is 2.38. The summed E-state index contributed by atoms with van der Waals surface area (Å²) in [4.78, 5) is 10.9. The van der Waals surface area contributed by atoms with Crippen LogP contribution in [0.4, 0.5) is 5.69 Å². The predicted octanol–water partition coefficient (Wildman–Crippen LogP) is 4.38. The molecule has 2 N–H and O–H groups in total. The van der Waals surface area contributed by atoms with Crippen LogP contribution in [-0.4, -0.2) is 11.1 Å². The molecule has 18 heavy (non-hydrogen) atoms. The van der Waals surface area contributed by atoms with Crippen molar-refractivity contribution in [2.24, 2.45) is 0 Å². The summed E-state index contributed by atoms with van der Waals surface area (Å²) in [5.74, 6) is -0.931. The van der Waals surface area contributed by atoms with Gasteiger partial charge in [-0.25, -0.2) is 4.79 Å². The number of benzene rings is 1. The number of hydrogen-bond donors (Lipinski definition) is 2. The monoisotopic (exact) mass is 325 g/mol. The van der Waals surface area contributed by atoms with Crippen molar-refractivity contribution in [3.8, 4) is 0 Å². The fourth-order valence-corrected chi connectivity index (χ4v) is 2.94. The molecule has 94 valence electrons. The Labute approximate surface area is 118 Å². The fourth-order valence-electron chi connectivity index (χ4n) is 1.63. The van der Waals surface area contributed by atoms with Crippen molar-refractivity contribution in [1.82, 2.24) is 0 Å². The molecule has 0 bridgehead atoms. The van der Waals surface area contributed by atoms with Crippen LogP contribution >= 0.6 is 27.3 Å². The molecule has 0 saturated carbocycles. The van der Waals surface area contributed by atoms with Gasteiger partial charge in [0, 0.05) is 16.2 Å². The number of rotatable bonds is 4. The summed E-state index contributed by atoms with van der Waals surface area (Å²) < 4.78 is 0.581. The second kappa shape index (κ2) is 5.54. The number of carboxylic acid groups (broad SMARTS) is 1. The van der Waals surface area contributed by atoms with Crippen molar-refractivity contribution in [3.63, 3.8) is 0 Å². The number of carboxylic acids is 1. The zero-order valence-electron chi connectivity index (χ0n) is 9.68. The Morgan fingerprint density at radius 2 is 2.22 bits per heavy atom. The van der Waals surface area contributed by atoms with E-state index in [0.29, 0.717) is 4.47 Å². The van der Waals surface area contributed by atoms with Gasteiger partial charge in [-0.05, 0) is 63.4 Å². The summed E-state index contributed by atoms with van der Waals surface area (Å²) in [6, 6.07) is 7.42. The molecule has 0 aliphatic heterocycles. The Bertz CT molecular complexity index is 554. The maximum atomic E-state index is 10.9. The molecule has 1 aromatic carbocycles. The molecule has 1 heterocycles. The van der Waals surface area contributed by atoms with Crippen LogP contribution in [0.5, 0.6) is 0 Å². The van der Waals surface area contributed by atoms with E-state index in [1.54, 1.807) is 29.5 Å². The van der Waals surface area contributed by atoms with Gasteiger partial charge >= 0.3 is 5.97 Å². The van der Waals surface area contributed by atoms with E-state index in [-0.39, 0.29) is 11.6 Å². The van der Waals surface area contributed by atoms with Gasteiger partial charge in [0.15, 0.2) is 0 Å². The first kappa shape index (κ1) is 13.1. The number of anilines is 1. The lowest BCUT2D eigenvalue weighted by atomic mass is 10.1. The van der Waals surface area contributed by atoms with E-state index in [0.717, 1.165) is 5.69 Å². The van der Waals surface area contributed by atoms with Crippen LogP contribution < -0.4 is 5.32 Å². The molecular weight excluding hydrogens is 314 g/mol. The van der Waals surface area contributed by atoms with Gasteiger partial charge in [-0.15, -0.1) is 0 Å². The van der Waals surface area contributed by atoms with Gasteiger partial charge in [0.1, 0.15) is 0 Å². The highest BCUT2D eigenvalue weighted by Gasteiger charge is 2.10. The molecule has 5 heteroatoms. The summed E-state index contributed by atoms with van der Waals surface area (Å²) >= 11 is 4.93. The van der Waals surface area contributed by atoms with Gasteiger partial charge in [-0.2, -0.15) is 11.3 Å². The standard InChI is InChI=1S/C13H12BrNO2S/c1-8(9-4-5-18-7-9)15-10-2-3-11(13(16)17)12(14)6-10/h2-8,15H,1H3,(H,16,17). The SMILES string of the molecule is CC(Nc1ccc(C(=O)O)c(Br)c1)c1ccsc1. The van der Waals surface area contributed by atoms with Gasteiger partial charge in [-0.3, -0.25) is 0 Å². The average Bonchev–Trinajstić information content (AvgIpc) is 2.81. The van der Waals surface area contributed by atoms with E-state index in [1.165, 1.54) is 5.56 Å². The smallest absolute Gasteiger partial charge is 0.336 e. The third kappa shape index (κ3) is 2.91. The topological polar surface area (TPSA) is 49.3 Å². The molecule has 2 aromatic rings. The maximum absolute atomic E-state index is 10.9. The Morgan fingerprint density at radius 1 is 1.44 bits per heavy atom. The lowest BCUT2D eigenvalue weighted by molar-refractivity contribution is 0.0696. The predicted molar refractivity (Wildman–Crippen MR) is 77.5 cm³/mol. The minimum atomic E-state index is -0.931. The molecule has 0 saturated heterocycles. The van der Waals surface area contributed by atoms with E-state index < -0.39 is 5.97 Å². The van der Waals surface area contributed by atoms with Crippen molar-refractivity contribution >= 4 is 38.9 Å². The van der Waals surface area contributed by atoms with Crippen molar-refractivity contribution in [2.75, 3.05) is 5.32 Å². The molecule has 0 amide bonds. The zero-order chi connectivity index (χ0) is 13.1. The number of hydrogen-bond acceptors (Lipinski definition) is 3. The third-order valence-corrected chi connectivity index (χ3v) is 3.98. The largest absolute Gasteiger partial charge is 0.478 e. The highest BCUT2D eigenvalue weighted by Crippen LogP contribution is 2.25. The van der Waals surface area contributed by atoms with Crippen LogP contribution in [0.2, 0.25) is 0 Å². The molecule has 1 atom stereocenters. The van der Waals surface area contributed by atoms with Gasteiger partial charge < -0.3 is 10.4 Å². The van der Waals surface area contributed by atoms with E-state index in [1.807, 2.05) is 5.38 Å². The first-order valence-corrected chi connectivity index (χ1v) is 7.13. The molecule has 1 aromatic heterocycles. The Kier molecular flexibility index (Phi) is 4.04. The quantitative estimate of drug-likeness (QED) is 0.876. The molecule has 0 radical (unpaired) electrons. The number of thiophene rings is 1. The summed E-state index contributed by atoms with van der Waals surface area (Å²) in [7, 11) is 0. The van der Waals surface area contributed by atoms with E-state index >= 15 is 0 Å². The first-order chi connectivity index (χ1) is 8.58. The molecule has 3 nitrogen and oxygen atoms in total. The van der Waals surface area contributed by atoms with Crippen LogP contribution in [0.3, 0.4) is 0 Å². The normalized spacial score (nSPS) is 12.1. The molecule has 0 spiro atoms. The number of aromatic carboxylic acids is 1. The Morgan fingerprint density at radius 3 is 2.78 bits per heavy atom.